The van der Waals surface area contributed by atoms with E-state index < -0.39 is 5.91 Å². The lowest BCUT2D eigenvalue weighted by Gasteiger charge is -2.13. The number of nitrogens with one attached hydrogen (secondary N) is 2. The Morgan fingerprint density at radius 2 is 1.83 bits per heavy atom. The first kappa shape index (κ1) is 19.7. The fraction of sp³-hybridized carbons (Fsp3) is 0.261. The predicted octanol–water partition coefficient (Wildman–Crippen LogP) is 4.52. The highest BCUT2D eigenvalue weighted by molar-refractivity contribution is 6.09. The zero-order valence-electron chi connectivity index (χ0n) is 17.2. The predicted molar refractivity (Wildman–Crippen MR) is 113 cm³/mol. The molecule has 7 heteroatoms. The molecule has 2 N–H and O–H groups in total. The molecule has 0 saturated carbocycles. The highest BCUT2D eigenvalue weighted by Gasteiger charge is 2.28. The molecule has 0 saturated heterocycles. The standard InChI is InChI=1S/C23H23N3O4/c1-13-7-4-8-16(14(13)2)24-23(28)21-15(3)20-17(9-5-10-18(20)30-21)25-26-22(27)19-11-6-12-29-19/h4,6-8,11-12H,5,9-10H2,1-3H3,(H,24,28)(H,26,27)/b25-17+. The largest absolute Gasteiger partial charge is 0.459 e. The third kappa shape index (κ3) is 3.66. The third-order valence-corrected chi connectivity index (χ3v) is 5.42. The van der Waals surface area contributed by atoms with E-state index in [0.29, 0.717) is 12.1 Å². The molecule has 4 rings (SSSR count). The number of anilines is 1. The van der Waals surface area contributed by atoms with Crippen molar-refractivity contribution in [1.82, 2.24) is 5.43 Å². The summed E-state index contributed by atoms with van der Waals surface area (Å²) in [6, 6.07) is 8.99. The third-order valence-electron chi connectivity index (χ3n) is 5.42. The number of nitrogens with zero attached hydrogens (tertiary/aromatic N) is 1. The van der Waals surface area contributed by atoms with Gasteiger partial charge in [-0.15, -0.1) is 0 Å². The molecule has 3 aromatic rings. The molecular weight excluding hydrogens is 382 g/mol. The molecule has 0 unspecified atom stereocenters. The molecule has 0 atom stereocenters. The Bertz CT molecular complexity index is 1140. The molecule has 0 fully saturated rings. The van der Waals surface area contributed by atoms with Gasteiger partial charge < -0.3 is 14.2 Å². The Morgan fingerprint density at radius 3 is 2.60 bits per heavy atom. The van der Waals surface area contributed by atoms with Gasteiger partial charge in [0.25, 0.3) is 5.91 Å². The highest BCUT2D eigenvalue weighted by atomic mass is 16.4. The number of carbonyl (C=O) groups excluding carboxylic acids is 2. The monoisotopic (exact) mass is 405 g/mol. The molecule has 0 aliphatic heterocycles. The lowest BCUT2D eigenvalue weighted by Crippen LogP contribution is -2.21. The molecule has 2 aromatic heterocycles. The van der Waals surface area contributed by atoms with Crippen LogP contribution in [0.5, 0.6) is 0 Å². The fourth-order valence-corrected chi connectivity index (χ4v) is 3.64. The number of furan rings is 2. The summed E-state index contributed by atoms with van der Waals surface area (Å²) < 4.78 is 11.0. The van der Waals surface area contributed by atoms with Crippen molar-refractivity contribution in [3.05, 3.63) is 76.1 Å². The van der Waals surface area contributed by atoms with Gasteiger partial charge in [-0.2, -0.15) is 5.10 Å². The minimum atomic E-state index is -0.423. The van der Waals surface area contributed by atoms with E-state index in [1.54, 1.807) is 12.1 Å². The van der Waals surface area contributed by atoms with E-state index in [1.807, 2.05) is 39.0 Å². The van der Waals surface area contributed by atoms with Crippen LogP contribution in [-0.2, 0) is 6.42 Å². The Balaban J connectivity index is 1.59. The average molecular weight is 405 g/mol. The summed E-state index contributed by atoms with van der Waals surface area (Å²) in [6.45, 7) is 5.81. The summed E-state index contributed by atoms with van der Waals surface area (Å²) in [6.07, 6.45) is 3.66. The molecule has 0 bridgehead atoms. The summed E-state index contributed by atoms with van der Waals surface area (Å²) >= 11 is 0. The topological polar surface area (TPSA) is 96.8 Å². The quantitative estimate of drug-likeness (QED) is 0.624. The zero-order chi connectivity index (χ0) is 21.3. The normalized spacial score (nSPS) is 14.4. The van der Waals surface area contributed by atoms with E-state index in [9.17, 15) is 9.59 Å². The van der Waals surface area contributed by atoms with E-state index in [2.05, 4.69) is 15.8 Å². The van der Waals surface area contributed by atoms with E-state index >= 15 is 0 Å². The van der Waals surface area contributed by atoms with Gasteiger partial charge in [0.05, 0.1) is 12.0 Å². The summed E-state index contributed by atoms with van der Waals surface area (Å²) in [5.74, 6) is 0.458. The van der Waals surface area contributed by atoms with Crippen molar-refractivity contribution in [2.75, 3.05) is 5.32 Å². The van der Waals surface area contributed by atoms with Crippen LogP contribution in [0.2, 0.25) is 0 Å². The summed E-state index contributed by atoms with van der Waals surface area (Å²) in [4.78, 5) is 25.0. The maximum Gasteiger partial charge on any atom is 0.307 e. The number of carbonyl (C=O) groups is 2. The van der Waals surface area contributed by atoms with E-state index in [-0.39, 0.29) is 17.4 Å². The van der Waals surface area contributed by atoms with Gasteiger partial charge in [-0.3, -0.25) is 9.59 Å². The second kappa shape index (κ2) is 8.02. The molecule has 7 nitrogen and oxygen atoms in total. The lowest BCUT2D eigenvalue weighted by molar-refractivity contribution is 0.0926. The van der Waals surface area contributed by atoms with Crippen LogP contribution >= 0.6 is 0 Å². The van der Waals surface area contributed by atoms with Gasteiger partial charge in [0.15, 0.2) is 11.5 Å². The smallest absolute Gasteiger partial charge is 0.307 e. The van der Waals surface area contributed by atoms with Crippen LogP contribution in [0.1, 0.15) is 62.0 Å². The van der Waals surface area contributed by atoms with E-state index in [4.69, 9.17) is 8.83 Å². The number of hydrogen-bond acceptors (Lipinski definition) is 5. The first-order valence-electron chi connectivity index (χ1n) is 9.86. The minimum absolute atomic E-state index is 0.188. The number of benzene rings is 1. The van der Waals surface area contributed by atoms with Crippen LogP contribution in [0.3, 0.4) is 0 Å². The van der Waals surface area contributed by atoms with Crippen LogP contribution < -0.4 is 10.7 Å². The van der Waals surface area contributed by atoms with Gasteiger partial charge >= 0.3 is 5.91 Å². The van der Waals surface area contributed by atoms with Crippen molar-refractivity contribution in [2.24, 2.45) is 5.10 Å². The van der Waals surface area contributed by atoms with Crippen molar-refractivity contribution in [2.45, 2.75) is 40.0 Å². The number of amides is 2. The maximum absolute atomic E-state index is 12.9. The first-order chi connectivity index (χ1) is 14.5. The molecule has 1 aliphatic carbocycles. The Morgan fingerprint density at radius 1 is 1.00 bits per heavy atom. The Labute approximate surface area is 174 Å². The van der Waals surface area contributed by atoms with Crippen LogP contribution in [-0.4, -0.2) is 17.5 Å². The number of aryl methyl sites for hydroxylation is 2. The van der Waals surface area contributed by atoms with Gasteiger partial charge in [-0.25, -0.2) is 5.43 Å². The summed E-state index contributed by atoms with van der Waals surface area (Å²) in [5, 5.41) is 7.24. The van der Waals surface area contributed by atoms with Gasteiger partial charge in [-0.1, -0.05) is 12.1 Å². The second-order valence-corrected chi connectivity index (χ2v) is 7.39. The molecule has 0 radical (unpaired) electrons. The number of hydrogen-bond donors (Lipinski definition) is 2. The Kier molecular flexibility index (Phi) is 5.27. The zero-order valence-corrected chi connectivity index (χ0v) is 17.2. The molecule has 1 aromatic carbocycles. The van der Waals surface area contributed by atoms with Crippen LogP contribution in [0.25, 0.3) is 0 Å². The minimum Gasteiger partial charge on any atom is -0.459 e. The summed E-state index contributed by atoms with van der Waals surface area (Å²) in [7, 11) is 0. The van der Waals surface area contributed by atoms with E-state index in [0.717, 1.165) is 46.5 Å². The van der Waals surface area contributed by atoms with Crippen LogP contribution in [0.4, 0.5) is 5.69 Å². The highest BCUT2D eigenvalue weighted by Crippen LogP contribution is 2.30. The average Bonchev–Trinajstić information content (AvgIpc) is 3.38. The van der Waals surface area contributed by atoms with E-state index in [1.165, 1.54) is 6.26 Å². The number of hydrazone groups is 1. The molecule has 2 amide bonds. The molecule has 30 heavy (non-hydrogen) atoms. The molecule has 2 heterocycles. The van der Waals surface area contributed by atoms with Gasteiger partial charge in [0, 0.05) is 23.2 Å². The van der Waals surface area contributed by atoms with Gasteiger partial charge in [-0.05, 0) is 62.9 Å². The van der Waals surface area contributed by atoms with Crippen molar-refractivity contribution < 1.29 is 18.4 Å². The van der Waals surface area contributed by atoms with Gasteiger partial charge in [0.2, 0.25) is 0 Å². The number of fused-ring (bicyclic) bond motifs is 1. The lowest BCUT2D eigenvalue weighted by atomic mass is 9.93. The number of rotatable bonds is 4. The Hall–Kier alpha value is -3.61. The maximum atomic E-state index is 12.9. The van der Waals surface area contributed by atoms with Crippen molar-refractivity contribution in [1.29, 1.82) is 0 Å². The fourth-order valence-electron chi connectivity index (χ4n) is 3.64. The summed E-state index contributed by atoms with van der Waals surface area (Å²) in [5.41, 5.74) is 7.62. The van der Waals surface area contributed by atoms with Crippen LogP contribution in [0.15, 0.2) is 50.5 Å². The molecule has 0 spiro atoms. The SMILES string of the molecule is Cc1cccc(NC(=O)c2oc3c(c2C)/C(=N/NC(=O)c2ccco2)CCC3)c1C. The van der Waals surface area contributed by atoms with Gasteiger partial charge in [0.1, 0.15) is 5.76 Å². The van der Waals surface area contributed by atoms with Crippen molar-refractivity contribution in [3.63, 3.8) is 0 Å². The first-order valence-corrected chi connectivity index (χ1v) is 9.86. The molecule has 154 valence electrons. The van der Waals surface area contributed by atoms with Crippen LogP contribution in [0, 0.1) is 20.8 Å². The molecular formula is C23H23N3O4. The molecule has 1 aliphatic rings. The van der Waals surface area contributed by atoms with Crippen molar-refractivity contribution in [3.8, 4) is 0 Å². The second-order valence-electron chi connectivity index (χ2n) is 7.39. The van der Waals surface area contributed by atoms with Crippen molar-refractivity contribution >= 4 is 23.2 Å².